The molecular weight excluding hydrogens is 1220 g/mol. The number of fused-ring (bicyclic) bond motifs is 18. The maximum atomic E-state index is 11.3. The number of pyridine rings is 1. The summed E-state index contributed by atoms with van der Waals surface area (Å²) in [6, 6.07) is 120. The van der Waals surface area contributed by atoms with E-state index in [1.165, 1.54) is 32.3 Å². The van der Waals surface area contributed by atoms with Crippen molar-refractivity contribution in [2.75, 3.05) is 0 Å². The number of rotatable bonds is 8. The highest BCUT2D eigenvalue weighted by Crippen LogP contribution is 2.50. The normalized spacial score (nSPS) is 12.0. The third-order valence-corrected chi connectivity index (χ3v) is 20.9. The van der Waals surface area contributed by atoms with Gasteiger partial charge in [0, 0.05) is 92.8 Å². The average Bonchev–Trinajstić information content (AvgIpc) is 1.49. The average molecular weight is 1270 g/mol. The van der Waals surface area contributed by atoms with Gasteiger partial charge in [-0.1, -0.05) is 200 Å². The number of hydrogen-bond acceptors (Lipinski definition) is 3. The van der Waals surface area contributed by atoms with E-state index in [-0.39, 0.29) is 11.1 Å². The maximum absolute atomic E-state index is 11.3. The van der Waals surface area contributed by atoms with E-state index in [9.17, 15) is 10.5 Å². The lowest BCUT2D eigenvalue weighted by Gasteiger charge is -2.26. The molecule has 0 unspecified atom stereocenters. The van der Waals surface area contributed by atoms with E-state index in [1.807, 2.05) is 18.2 Å². The van der Waals surface area contributed by atoms with Crippen LogP contribution in [0.2, 0.25) is 0 Å². The standard InChI is InChI=1S/C91H53N9/c92-54-58-43-42-57(50-59(58)55-93)87-89(98-81-39-19-10-30-69(81)72-51-60(44-47-84(72)98)95-75-33-13-4-24-63(75)64-25-5-14-34-76(64)95)88(56-22-2-1-3-23-56)94-91(100-83-41-21-12-32-71(83)74-53-62(46-49-86(74)100)97-79-37-17-8-28-67(79)68-29-9-18-38-80(68)97)90(87)99-82-40-20-11-31-70(82)73-52-61(45-48-85(73)99)96-77-35-15-6-26-65(77)66-27-7-16-36-78(66)96/h1-53H. The first-order valence-corrected chi connectivity index (χ1v) is 33.7. The van der Waals surface area contributed by atoms with Crippen LogP contribution in [-0.4, -0.2) is 32.4 Å². The van der Waals surface area contributed by atoms with Gasteiger partial charge in [-0.05, 0) is 127 Å². The van der Waals surface area contributed by atoms with E-state index in [4.69, 9.17) is 4.98 Å². The monoisotopic (exact) mass is 1270 g/mol. The van der Waals surface area contributed by atoms with Crippen molar-refractivity contribution in [3.05, 3.63) is 333 Å². The molecule has 0 aliphatic rings. The summed E-state index contributed by atoms with van der Waals surface area (Å²) in [5.41, 5.74) is 20.9. The lowest BCUT2D eigenvalue weighted by Crippen LogP contribution is -2.13. The summed E-state index contributed by atoms with van der Waals surface area (Å²) in [5.74, 6) is 0.667. The van der Waals surface area contributed by atoms with Crippen molar-refractivity contribution in [1.29, 1.82) is 10.5 Å². The Morgan fingerprint density at radius 2 is 0.510 bits per heavy atom. The summed E-state index contributed by atoms with van der Waals surface area (Å²) in [4.78, 5) is 6.39. The van der Waals surface area contributed by atoms with Crippen molar-refractivity contribution >= 4 is 131 Å². The molecule has 0 saturated carbocycles. The molecule has 0 aliphatic carbocycles. The largest absolute Gasteiger partial charge is 0.309 e. The predicted octanol–water partition coefficient (Wildman–Crippen LogP) is 22.7. The number of nitriles is 2. The van der Waals surface area contributed by atoms with Gasteiger partial charge in [0.25, 0.3) is 0 Å². The van der Waals surface area contributed by atoms with Crippen LogP contribution in [0.15, 0.2) is 322 Å². The summed E-state index contributed by atoms with van der Waals surface area (Å²) in [5, 5.41) is 35.6. The topological polar surface area (TPSA) is 90.0 Å². The van der Waals surface area contributed by atoms with Gasteiger partial charge >= 0.3 is 0 Å². The van der Waals surface area contributed by atoms with E-state index in [2.05, 4.69) is 343 Å². The first-order valence-electron chi connectivity index (χ1n) is 33.7. The first-order chi connectivity index (χ1) is 49.6. The van der Waals surface area contributed by atoms with Crippen LogP contribution in [0.4, 0.5) is 0 Å². The van der Waals surface area contributed by atoms with E-state index in [0.29, 0.717) is 11.5 Å². The van der Waals surface area contributed by atoms with Gasteiger partial charge in [0.1, 0.15) is 12.1 Å². The lowest BCUT2D eigenvalue weighted by atomic mass is 9.94. The Bertz CT molecular complexity index is 7030. The molecule has 0 fully saturated rings. The first kappa shape index (κ1) is 55.3. The van der Waals surface area contributed by atoms with Crippen LogP contribution in [-0.2, 0) is 0 Å². The van der Waals surface area contributed by atoms with Gasteiger partial charge in [0.05, 0.1) is 94.4 Å². The fraction of sp³-hybridized carbons (Fsp3) is 0. The number of aromatic nitrogens is 7. The second-order valence-corrected chi connectivity index (χ2v) is 26.0. The zero-order valence-electron chi connectivity index (χ0n) is 53.6. The summed E-state index contributed by atoms with van der Waals surface area (Å²) >= 11 is 0. The van der Waals surface area contributed by atoms with Crippen LogP contribution in [0.1, 0.15) is 11.1 Å². The third kappa shape index (κ3) is 7.77. The molecule has 9 heteroatoms. The molecule has 0 saturated heterocycles. The van der Waals surface area contributed by atoms with Crippen molar-refractivity contribution < 1.29 is 0 Å². The molecule has 0 atom stereocenters. The molecule has 0 aliphatic heterocycles. The molecule has 0 bridgehead atoms. The molecular formula is C91H53N9. The number of benzene rings is 14. The van der Waals surface area contributed by atoms with Gasteiger partial charge in [-0.2, -0.15) is 10.5 Å². The maximum Gasteiger partial charge on any atom is 0.163 e. The van der Waals surface area contributed by atoms with Gasteiger partial charge in [-0.15, -0.1) is 0 Å². The van der Waals surface area contributed by atoms with Crippen molar-refractivity contribution in [2.24, 2.45) is 0 Å². The zero-order valence-corrected chi connectivity index (χ0v) is 53.6. The van der Waals surface area contributed by atoms with Crippen LogP contribution in [0.25, 0.3) is 187 Å². The van der Waals surface area contributed by atoms with Crippen molar-refractivity contribution in [2.45, 2.75) is 0 Å². The molecule has 0 N–H and O–H groups in total. The highest BCUT2D eigenvalue weighted by atomic mass is 15.2. The van der Waals surface area contributed by atoms with Gasteiger partial charge in [0.15, 0.2) is 5.82 Å². The zero-order chi connectivity index (χ0) is 65.8. The Hall–Kier alpha value is -14.0. The van der Waals surface area contributed by atoms with Gasteiger partial charge in [0.2, 0.25) is 0 Å². The van der Waals surface area contributed by atoms with Crippen molar-refractivity contribution in [3.63, 3.8) is 0 Å². The molecule has 9 nitrogen and oxygen atoms in total. The molecule has 462 valence electrons. The van der Waals surface area contributed by atoms with Gasteiger partial charge in [-0.25, -0.2) is 4.98 Å². The van der Waals surface area contributed by atoms with Crippen LogP contribution in [0.3, 0.4) is 0 Å². The van der Waals surface area contributed by atoms with E-state index in [1.54, 1.807) is 0 Å². The summed E-state index contributed by atoms with van der Waals surface area (Å²) < 4.78 is 14.4. The molecule has 21 rings (SSSR count). The number of nitrogens with zero attached hydrogens (tertiary/aromatic N) is 9. The van der Waals surface area contributed by atoms with Crippen LogP contribution in [0.5, 0.6) is 0 Å². The van der Waals surface area contributed by atoms with E-state index >= 15 is 0 Å². The van der Waals surface area contributed by atoms with Crippen LogP contribution in [0, 0.1) is 22.7 Å². The Morgan fingerprint density at radius 3 is 0.870 bits per heavy atom. The molecule has 0 spiro atoms. The Kier molecular flexibility index (Phi) is 11.8. The minimum Gasteiger partial charge on any atom is -0.309 e. The molecule has 100 heavy (non-hydrogen) atoms. The summed E-state index contributed by atoms with van der Waals surface area (Å²) in [7, 11) is 0. The second-order valence-electron chi connectivity index (χ2n) is 26.0. The summed E-state index contributed by atoms with van der Waals surface area (Å²) in [6.45, 7) is 0. The fourth-order valence-electron chi connectivity index (χ4n) is 16.7. The van der Waals surface area contributed by atoms with Crippen LogP contribution < -0.4 is 0 Å². The van der Waals surface area contributed by atoms with Gasteiger partial charge < -0.3 is 22.8 Å². The molecule has 14 aromatic carbocycles. The quantitative estimate of drug-likeness (QED) is 0.152. The third-order valence-electron chi connectivity index (χ3n) is 20.9. The lowest BCUT2D eigenvalue weighted by molar-refractivity contribution is 1.01. The Morgan fingerprint density at radius 1 is 0.220 bits per heavy atom. The predicted molar refractivity (Wildman–Crippen MR) is 411 cm³/mol. The summed E-state index contributed by atoms with van der Waals surface area (Å²) in [6.07, 6.45) is 0. The minimum absolute atomic E-state index is 0.266. The molecule has 21 aromatic rings. The van der Waals surface area contributed by atoms with E-state index < -0.39 is 0 Å². The number of hydrogen-bond donors (Lipinski definition) is 0. The highest BCUT2D eigenvalue weighted by molar-refractivity contribution is 6.18. The minimum atomic E-state index is 0.266. The molecule has 0 radical (unpaired) electrons. The molecule has 7 heterocycles. The van der Waals surface area contributed by atoms with Crippen LogP contribution >= 0.6 is 0 Å². The SMILES string of the molecule is N#Cc1ccc(-c2c(-n3c4ccccc4c4cc(-n5c6ccccc6c6ccccc65)ccc43)c(-c3ccccc3)nc(-n3c4ccccc4c4cc(-n5c6ccccc6c6ccccc65)ccc43)c2-n2c3ccccc3c3cc(-n4c5ccccc5c5ccccc54)ccc32)cc1C#N. The van der Waals surface area contributed by atoms with E-state index in [0.717, 1.165) is 144 Å². The number of para-hydroxylation sites is 9. The van der Waals surface area contributed by atoms with Crippen molar-refractivity contribution in [1.82, 2.24) is 32.4 Å². The molecule has 0 amide bonds. The Balaban J connectivity index is 0.947. The van der Waals surface area contributed by atoms with Gasteiger partial charge in [-0.3, -0.25) is 4.57 Å². The second kappa shape index (κ2) is 21.3. The highest BCUT2D eigenvalue weighted by Gasteiger charge is 2.33. The molecule has 7 aromatic heterocycles. The smallest absolute Gasteiger partial charge is 0.163 e. The van der Waals surface area contributed by atoms with Crippen molar-refractivity contribution in [3.8, 4) is 68.8 Å². The Labute approximate surface area is 571 Å². The fourth-order valence-corrected chi connectivity index (χ4v) is 16.7.